The van der Waals surface area contributed by atoms with Crippen LogP contribution in [0.3, 0.4) is 0 Å². The van der Waals surface area contributed by atoms with Crippen molar-refractivity contribution >= 4 is 32.5 Å². The zero-order valence-electron chi connectivity index (χ0n) is 18.4. The molecule has 0 saturated heterocycles. The largest absolute Gasteiger partial charge is 0.322 e. The van der Waals surface area contributed by atoms with E-state index in [9.17, 15) is 13.2 Å². The lowest BCUT2D eigenvalue weighted by molar-refractivity contribution is 0.102. The van der Waals surface area contributed by atoms with Gasteiger partial charge in [-0.2, -0.15) is 4.31 Å². The van der Waals surface area contributed by atoms with E-state index in [0.29, 0.717) is 35.6 Å². The van der Waals surface area contributed by atoms with Crippen LogP contribution in [0.1, 0.15) is 24.2 Å². The minimum atomic E-state index is -3.56. The molecule has 0 radical (unpaired) electrons. The van der Waals surface area contributed by atoms with Crippen molar-refractivity contribution in [3.63, 3.8) is 0 Å². The highest BCUT2D eigenvalue weighted by Gasteiger charge is 2.21. The molecule has 0 fully saturated rings. The molecule has 4 aromatic rings. The molecule has 8 heteroatoms. The van der Waals surface area contributed by atoms with E-state index in [2.05, 4.69) is 15.3 Å². The topological polar surface area (TPSA) is 92.3 Å². The number of pyridine rings is 2. The van der Waals surface area contributed by atoms with Crippen molar-refractivity contribution in [1.82, 2.24) is 14.3 Å². The molecule has 0 saturated carbocycles. The van der Waals surface area contributed by atoms with E-state index in [1.165, 1.54) is 16.4 Å². The number of carbonyl (C=O) groups excluding carboxylic acids is 1. The molecule has 0 unspecified atom stereocenters. The Hall–Kier alpha value is -3.62. The minimum Gasteiger partial charge on any atom is -0.322 e. The van der Waals surface area contributed by atoms with Crippen molar-refractivity contribution in [3.8, 4) is 11.3 Å². The van der Waals surface area contributed by atoms with Gasteiger partial charge in [0.05, 0.1) is 21.7 Å². The number of carbonyl (C=O) groups is 1. The number of anilines is 1. The first kappa shape index (κ1) is 22.6. The maximum Gasteiger partial charge on any atom is 0.256 e. The molecule has 2 aromatic carbocycles. The molecule has 168 valence electrons. The number of para-hydroxylation sites is 1. The Morgan fingerprint density at radius 1 is 0.970 bits per heavy atom. The molecule has 0 bridgehead atoms. The molecule has 1 N–H and O–H groups in total. The van der Waals surface area contributed by atoms with E-state index in [4.69, 9.17) is 0 Å². The van der Waals surface area contributed by atoms with Crippen molar-refractivity contribution in [3.05, 3.63) is 84.7 Å². The number of hydrogen-bond donors (Lipinski definition) is 1. The molecule has 1 amide bonds. The fraction of sp³-hybridized carbons (Fsp3) is 0.160. The van der Waals surface area contributed by atoms with Crippen molar-refractivity contribution < 1.29 is 13.2 Å². The molecular formula is C25H24N4O3S. The van der Waals surface area contributed by atoms with Crippen LogP contribution in [0.4, 0.5) is 5.69 Å². The molecule has 7 nitrogen and oxygen atoms in total. The van der Waals surface area contributed by atoms with Crippen molar-refractivity contribution in [2.75, 3.05) is 18.4 Å². The van der Waals surface area contributed by atoms with E-state index in [1.807, 2.05) is 36.4 Å². The first-order chi connectivity index (χ1) is 15.9. The van der Waals surface area contributed by atoms with Gasteiger partial charge in [0.25, 0.3) is 5.91 Å². The van der Waals surface area contributed by atoms with Crippen LogP contribution >= 0.6 is 0 Å². The lowest BCUT2D eigenvalue weighted by Crippen LogP contribution is -2.30. The van der Waals surface area contributed by atoms with Crippen LogP contribution in [0.25, 0.3) is 22.2 Å². The predicted molar refractivity (Wildman–Crippen MR) is 129 cm³/mol. The van der Waals surface area contributed by atoms with Gasteiger partial charge in [-0.1, -0.05) is 32.0 Å². The number of rotatable bonds is 7. The van der Waals surface area contributed by atoms with Gasteiger partial charge >= 0.3 is 0 Å². The van der Waals surface area contributed by atoms with Crippen LogP contribution < -0.4 is 5.32 Å². The third-order valence-electron chi connectivity index (χ3n) is 5.37. The van der Waals surface area contributed by atoms with E-state index in [0.717, 1.165) is 10.9 Å². The number of nitrogens with zero attached hydrogens (tertiary/aromatic N) is 3. The molecule has 4 rings (SSSR count). The van der Waals surface area contributed by atoms with E-state index < -0.39 is 10.0 Å². The highest BCUT2D eigenvalue weighted by atomic mass is 32.2. The quantitative estimate of drug-likeness (QED) is 0.436. The van der Waals surface area contributed by atoms with E-state index >= 15 is 0 Å². The number of sulfonamides is 1. The Morgan fingerprint density at radius 3 is 2.36 bits per heavy atom. The summed E-state index contributed by atoms with van der Waals surface area (Å²) in [6.45, 7) is 4.39. The molecule has 0 aliphatic heterocycles. The highest BCUT2D eigenvalue weighted by molar-refractivity contribution is 7.89. The van der Waals surface area contributed by atoms with Gasteiger partial charge in [0.1, 0.15) is 0 Å². The van der Waals surface area contributed by atoms with Crippen LogP contribution in [-0.2, 0) is 10.0 Å². The van der Waals surface area contributed by atoms with Gasteiger partial charge in [0.2, 0.25) is 10.0 Å². The van der Waals surface area contributed by atoms with Gasteiger partial charge in [-0.15, -0.1) is 0 Å². The summed E-state index contributed by atoms with van der Waals surface area (Å²) in [5, 5.41) is 3.60. The monoisotopic (exact) mass is 460 g/mol. The Morgan fingerprint density at radius 2 is 1.70 bits per heavy atom. The summed E-state index contributed by atoms with van der Waals surface area (Å²) in [4.78, 5) is 22.2. The first-order valence-corrected chi connectivity index (χ1v) is 12.1. The number of benzene rings is 2. The maximum absolute atomic E-state index is 13.2. The fourth-order valence-electron chi connectivity index (χ4n) is 3.65. The predicted octanol–water partition coefficient (Wildman–Crippen LogP) is 4.58. The average molecular weight is 461 g/mol. The Balaban J connectivity index is 1.66. The molecule has 2 heterocycles. The fourth-order valence-corrected chi connectivity index (χ4v) is 5.10. The number of aromatic nitrogens is 2. The van der Waals surface area contributed by atoms with Crippen LogP contribution in [0, 0.1) is 0 Å². The third-order valence-corrected chi connectivity index (χ3v) is 7.44. The number of hydrogen-bond acceptors (Lipinski definition) is 5. The zero-order valence-corrected chi connectivity index (χ0v) is 19.2. The van der Waals surface area contributed by atoms with Gasteiger partial charge in [-0.05, 0) is 48.5 Å². The summed E-state index contributed by atoms with van der Waals surface area (Å²) < 4.78 is 26.8. The Bertz CT molecular complexity index is 1380. The minimum absolute atomic E-state index is 0.192. The molecule has 0 aliphatic carbocycles. The normalized spacial score (nSPS) is 11.6. The molecule has 0 aliphatic rings. The second-order valence-electron chi connectivity index (χ2n) is 7.38. The molecule has 0 atom stereocenters. The van der Waals surface area contributed by atoms with E-state index in [1.54, 1.807) is 44.4 Å². The maximum atomic E-state index is 13.2. The lowest BCUT2D eigenvalue weighted by atomic mass is 10.0. The van der Waals surface area contributed by atoms with Gasteiger partial charge in [-0.25, -0.2) is 13.4 Å². The van der Waals surface area contributed by atoms with Crippen molar-refractivity contribution in [2.24, 2.45) is 0 Å². The highest BCUT2D eigenvalue weighted by Crippen LogP contribution is 2.26. The zero-order chi connectivity index (χ0) is 23.4. The number of nitrogens with one attached hydrogen (secondary N) is 1. The Labute approximate surface area is 193 Å². The number of amides is 1. The molecular weight excluding hydrogens is 436 g/mol. The molecule has 0 spiro atoms. The summed E-state index contributed by atoms with van der Waals surface area (Å²) in [6, 6.07) is 19.1. The van der Waals surface area contributed by atoms with Crippen LogP contribution in [-0.4, -0.2) is 41.7 Å². The SMILES string of the molecule is CCN(CC)S(=O)(=O)c1ccc(NC(=O)c2cc(-c3cccnc3)nc3ccccc23)cc1. The third kappa shape index (κ3) is 4.62. The number of fused-ring (bicyclic) bond motifs is 1. The summed E-state index contributed by atoms with van der Waals surface area (Å²) >= 11 is 0. The van der Waals surface area contributed by atoms with Crippen molar-refractivity contribution in [1.29, 1.82) is 0 Å². The van der Waals surface area contributed by atoms with E-state index in [-0.39, 0.29) is 10.8 Å². The second kappa shape index (κ2) is 9.48. The van der Waals surface area contributed by atoms with Gasteiger partial charge in [0, 0.05) is 42.1 Å². The van der Waals surface area contributed by atoms with Gasteiger partial charge in [-0.3, -0.25) is 9.78 Å². The average Bonchev–Trinajstić information content (AvgIpc) is 2.84. The van der Waals surface area contributed by atoms with Gasteiger partial charge < -0.3 is 5.32 Å². The summed E-state index contributed by atoms with van der Waals surface area (Å²) in [7, 11) is -3.56. The summed E-state index contributed by atoms with van der Waals surface area (Å²) in [5.41, 5.74) is 3.13. The first-order valence-electron chi connectivity index (χ1n) is 10.7. The second-order valence-corrected chi connectivity index (χ2v) is 9.32. The van der Waals surface area contributed by atoms with Gasteiger partial charge in [0.15, 0.2) is 0 Å². The van der Waals surface area contributed by atoms with Crippen LogP contribution in [0.5, 0.6) is 0 Å². The summed E-state index contributed by atoms with van der Waals surface area (Å²) in [5.74, 6) is -0.307. The lowest BCUT2D eigenvalue weighted by Gasteiger charge is -2.18. The standard InChI is InChI=1S/C25H24N4O3S/c1-3-29(4-2)33(31,32)20-13-11-19(12-14-20)27-25(30)22-16-24(18-8-7-15-26-17-18)28-23-10-6-5-9-21(22)23/h5-17H,3-4H2,1-2H3,(H,27,30). The van der Waals surface area contributed by atoms with Crippen LogP contribution in [0.2, 0.25) is 0 Å². The molecule has 2 aromatic heterocycles. The summed E-state index contributed by atoms with van der Waals surface area (Å²) in [6.07, 6.45) is 3.39. The molecule has 33 heavy (non-hydrogen) atoms. The smallest absolute Gasteiger partial charge is 0.256 e. The van der Waals surface area contributed by atoms with Crippen LogP contribution in [0.15, 0.2) is 84.0 Å². The Kier molecular flexibility index (Phi) is 6.48. The van der Waals surface area contributed by atoms with Crippen molar-refractivity contribution in [2.45, 2.75) is 18.7 Å².